The Hall–Kier alpha value is -1.89. The molecule has 1 aliphatic carbocycles. The van der Waals surface area contributed by atoms with Crippen LogP contribution < -0.4 is 5.32 Å². The molecular weight excluding hydrogens is 314 g/mol. The SMILES string of the molecule is O=C(NC1CC1)[C@@H]1CCCN(C2=NS(=O)(=O)c3ccccc32)C1. The first-order valence-electron chi connectivity index (χ1n) is 8.04. The quantitative estimate of drug-likeness (QED) is 0.880. The maximum Gasteiger partial charge on any atom is 0.285 e. The molecule has 0 unspecified atom stereocenters. The molecule has 122 valence electrons. The maximum atomic E-state index is 12.3. The number of sulfonamides is 1. The number of nitrogens with one attached hydrogen (secondary N) is 1. The number of hydrogen-bond acceptors (Lipinski definition) is 4. The molecule has 1 aromatic carbocycles. The van der Waals surface area contributed by atoms with Gasteiger partial charge in [-0.2, -0.15) is 8.42 Å². The van der Waals surface area contributed by atoms with E-state index in [9.17, 15) is 13.2 Å². The second-order valence-corrected chi connectivity index (χ2v) is 8.03. The van der Waals surface area contributed by atoms with Crippen LogP contribution in [0.15, 0.2) is 33.6 Å². The zero-order valence-corrected chi connectivity index (χ0v) is 13.6. The molecule has 1 amide bonds. The fourth-order valence-electron chi connectivity index (χ4n) is 3.25. The van der Waals surface area contributed by atoms with Crippen molar-refractivity contribution < 1.29 is 13.2 Å². The minimum Gasteiger partial charge on any atom is -0.355 e. The Morgan fingerprint density at radius 1 is 1.22 bits per heavy atom. The van der Waals surface area contributed by atoms with E-state index in [1.165, 1.54) is 0 Å². The van der Waals surface area contributed by atoms with Crippen molar-refractivity contribution in [3.63, 3.8) is 0 Å². The Kier molecular flexibility index (Phi) is 3.41. The highest BCUT2D eigenvalue weighted by Gasteiger charge is 2.36. The lowest BCUT2D eigenvalue weighted by Gasteiger charge is -2.33. The average Bonchev–Trinajstić information content (AvgIpc) is 3.32. The van der Waals surface area contributed by atoms with Gasteiger partial charge >= 0.3 is 0 Å². The summed E-state index contributed by atoms with van der Waals surface area (Å²) >= 11 is 0. The molecule has 6 nitrogen and oxygen atoms in total. The van der Waals surface area contributed by atoms with E-state index in [2.05, 4.69) is 9.71 Å². The number of rotatable bonds is 2. The molecule has 0 aromatic heterocycles. The fraction of sp³-hybridized carbons (Fsp3) is 0.500. The van der Waals surface area contributed by atoms with E-state index >= 15 is 0 Å². The number of piperidine rings is 1. The molecule has 2 aliphatic heterocycles. The van der Waals surface area contributed by atoms with Gasteiger partial charge in [-0.3, -0.25) is 4.79 Å². The second kappa shape index (κ2) is 5.33. The van der Waals surface area contributed by atoms with Gasteiger partial charge in [0.05, 0.1) is 5.92 Å². The van der Waals surface area contributed by atoms with Gasteiger partial charge in [-0.1, -0.05) is 12.1 Å². The summed E-state index contributed by atoms with van der Waals surface area (Å²) in [5, 5.41) is 3.05. The van der Waals surface area contributed by atoms with Gasteiger partial charge in [0, 0.05) is 24.7 Å². The van der Waals surface area contributed by atoms with Gasteiger partial charge in [0.15, 0.2) is 5.84 Å². The van der Waals surface area contributed by atoms with Crippen LogP contribution in [0.2, 0.25) is 0 Å². The van der Waals surface area contributed by atoms with Crippen LogP contribution in [-0.4, -0.2) is 44.2 Å². The summed E-state index contributed by atoms with van der Waals surface area (Å²) in [5.41, 5.74) is 0.649. The highest BCUT2D eigenvalue weighted by Crippen LogP contribution is 2.30. The van der Waals surface area contributed by atoms with Crippen LogP contribution >= 0.6 is 0 Å². The van der Waals surface area contributed by atoms with Crippen LogP contribution in [0.5, 0.6) is 0 Å². The lowest BCUT2D eigenvalue weighted by molar-refractivity contribution is -0.126. The zero-order chi connectivity index (χ0) is 16.0. The molecule has 1 N–H and O–H groups in total. The predicted octanol–water partition coefficient (Wildman–Crippen LogP) is 1.13. The number of benzene rings is 1. The second-order valence-electron chi connectivity index (χ2n) is 6.45. The van der Waals surface area contributed by atoms with Crippen LogP contribution in [0.4, 0.5) is 0 Å². The van der Waals surface area contributed by atoms with Crippen molar-refractivity contribution in [3.8, 4) is 0 Å². The van der Waals surface area contributed by atoms with Gasteiger partial charge in [0.25, 0.3) is 10.0 Å². The van der Waals surface area contributed by atoms with E-state index in [-0.39, 0.29) is 16.7 Å². The van der Waals surface area contributed by atoms with Crippen LogP contribution in [0.25, 0.3) is 0 Å². The maximum absolute atomic E-state index is 12.3. The Balaban J connectivity index is 1.57. The van der Waals surface area contributed by atoms with E-state index in [1.807, 2.05) is 11.0 Å². The molecule has 2 heterocycles. The van der Waals surface area contributed by atoms with Crippen molar-refractivity contribution in [2.75, 3.05) is 13.1 Å². The number of amidine groups is 1. The van der Waals surface area contributed by atoms with Crippen LogP contribution in [0, 0.1) is 5.92 Å². The first-order valence-corrected chi connectivity index (χ1v) is 9.48. The Bertz CT molecular complexity index is 784. The summed E-state index contributed by atoms with van der Waals surface area (Å²) < 4.78 is 28.3. The van der Waals surface area contributed by atoms with E-state index in [0.717, 1.165) is 32.2 Å². The van der Waals surface area contributed by atoms with Crippen molar-refractivity contribution in [2.45, 2.75) is 36.6 Å². The number of carbonyl (C=O) groups excluding carboxylic acids is 1. The number of nitrogens with zero attached hydrogens (tertiary/aromatic N) is 2. The van der Waals surface area contributed by atoms with Crippen LogP contribution in [-0.2, 0) is 14.8 Å². The van der Waals surface area contributed by atoms with Gasteiger partial charge in [-0.05, 0) is 37.8 Å². The van der Waals surface area contributed by atoms with Crippen LogP contribution in [0.3, 0.4) is 0 Å². The van der Waals surface area contributed by atoms with E-state index in [0.29, 0.717) is 24.0 Å². The summed E-state index contributed by atoms with van der Waals surface area (Å²) in [6.07, 6.45) is 3.85. The van der Waals surface area contributed by atoms with Gasteiger partial charge < -0.3 is 10.2 Å². The van der Waals surface area contributed by atoms with E-state index in [4.69, 9.17) is 0 Å². The Morgan fingerprint density at radius 2 is 2.00 bits per heavy atom. The summed E-state index contributed by atoms with van der Waals surface area (Å²) in [5.74, 6) is 0.485. The molecule has 1 saturated heterocycles. The normalized spacial score (nSPS) is 25.7. The van der Waals surface area contributed by atoms with Crippen molar-refractivity contribution in [1.29, 1.82) is 0 Å². The molecule has 1 atom stereocenters. The first kappa shape index (κ1) is 14.7. The topological polar surface area (TPSA) is 78.8 Å². The monoisotopic (exact) mass is 333 g/mol. The Labute approximate surface area is 135 Å². The van der Waals surface area contributed by atoms with Crippen molar-refractivity contribution in [1.82, 2.24) is 10.2 Å². The van der Waals surface area contributed by atoms with Gasteiger partial charge in [0.2, 0.25) is 5.91 Å². The molecule has 1 saturated carbocycles. The van der Waals surface area contributed by atoms with Gasteiger partial charge in [-0.15, -0.1) is 4.40 Å². The molecule has 0 radical (unpaired) electrons. The fourth-order valence-corrected chi connectivity index (χ4v) is 4.47. The number of fused-ring (bicyclic) bond motifs is 1. The highest BCUT2D eigenvalue weighted by molar-refractivity contribution is 7.90. The molecule has 3 aliphatic rings. The third kappa shape index (κ3) is 2.73. The lowest BCUT2D eigenvalue weighted by Crippen LogP contribution is -2.45. The molecule has 7 heteroatoms. The number of amides is 1. The minimum atomic E-state index is -3.61. The largest absolute Gasteiger partial charge is 0.355 e. The van der Waals surface area contributed by atoms with Gasteiger partial charge in [-0.25, -0.2) is 0 Å². The molecule has 0 bridgehead atoms. The summed E-state index contributed by atoms with van der Waals surface area (Å²) in [7, 11) is -3.61. The lowest BCUT2D eigenvalue weighted by atomic mass is 9.96. The molecule has 4 rings (SSSR count). The number of likely N-dealkylation sites (tertiary alicyclic amines) is 1. The smallest absolute Gasteiger partial charge is 0.285 e. The molecular formula is C16H19N3O3S. The Morgan fingerprint density at radius 3 is 2.78 bits per heavy atom. The zero-order valence-electron chi connectivity index (χ0n) is 12.7. The van der Waals surface area contributed by atoms with Crippen LogP contribution in [0.1, 0.15) is 31.2 Å². The van der Waals surface area contributed by atoms with Crippen molar-refractivity contribution >= 4 is 21.8 Å². The third-order valence-electron chi connectivity index (χ3n) is 4.63. The van der Waals surface area contributed by atoms with E-state index in [1.54, 1.807) is 18.2 Å². The summed E-state index contributed by atoms with van der Waals surface area (Å²) in [4.78, 5) is 14.5. The molecule has 2 fully saturated rings. The summed E-state index contributed by atoms with van der Waals surface area (Å²) in [6, 6.07) is 7.24. The van der Waals surface area contributed by atoms with Crippen molar-refractivity contribution in [2.24, 2.45) is 10.3 Å². The molecule has 23 heavy (non-hydrogen) atoms. The predicted molar refractivity (Wildman–Crippen MR) is 85.6 cm³/mol. The average molecular weight is 333 g/mol. The highest BCUT2D eigenvalue weighted by atomic mass is 32.2. The first-order chi connectivity index (χ1) is 11.0. The van der Waals surface area contributed by atoms with E-state index < -0.39 is 10.0 Å². The number of hydrogen-bond donors (Lipinski definition) is 1. The minimum absolute atomic E-state index is 0.0898. The third-order valence-corrected chi connectivity index (χ3v) is 5.95. The number of carbonyl (C=O) groups is 1. The molecule has 1 aromatic rings. The van der Waals surface area contributed by atoms with Crippen molar-refractivity contribution in [3.05, 3.63) is 29.8 Å². The standard InChI is InChI=1S/C16H19N3O3S/c20-16(17-12-7-8-12)11-4-3-9-19(10-11)15-13-5-1-2-6-14(13)23(21,22)18-15/h1-2,5-6,11-12H,3-4,7-10H2,(H,17,20)/t11-/m1/s1. The summed E-state index contributed by atoms with van der Waals surface area (Å²) in [6.45, 7) is 1.26. The molecule has 0 spiro atoms. The van der Waals surface area contributed by atoms with Gasteiger partial charge in [0.1, 0.15) is 4.90 Å².